The van der Waals surface area contributed by atoms with Gasteiger partial charge in [0.05, 0.1) is 12.3 Å². The van der Waals surface area contributed by atoms with Gasteiger partial charge in [0.1, 0.15) is 5.75 Å². The van der Waals surface area contributed by atoms with Gasteiger partial charge in [-0.3, -0.25) is 4.79 Å². The van der Waals surface area contributed by atoms with Gasteiger partial charge in [-0.25, -0.2) is 0 Å². The number of aromatic nitrogens is 5. The number of carbonyl (C=O) groups is 1. The zero-order valence-corrected chi connectivity index (χ0v) is 15.8. The SMILES string of the molecule is CCCOc1ccccc1NC(=O)C1CCN(c2ccc3nnnn3n2)CC1. The minimum atomic E-state index is -0.0350. The van der Waals surface area contributed by atoms with Gasteiger partial charge in [0.25, 0.3) is 0 Å². The average Bonchev–Trinajstić information content (AvgIpc) is 3.21. The molecule has 0 spiro atoms. The van der Waals surface area contributed by atoms with Crippen molar-refractivity contribution in [3.05, 3.63) is 36.4 Å². The van der Waals surface area contributed by atoms with Crippen LogP contribution in [0.4, 0.5) is 11.5 Å². The van der Waals surface area contributed by atoms with E-state index in [1.54, 1.807) is 0 Å². The van der Waals surface area contributed by atoms with Gasteiger partial charge >= 0.3 is 0 Å². The summed E-state index contributed by atoms with van der Waals surface area (Å²) in [7, 11) is 0. The number of carbonyl (C=O) groups excluding carboxylic acids is 1. The quantitative estimate of drug-likeness (QED) is 0.699. The van der Waals surface area contributed by atoms with Crippen LogP contribution in [0.2, 0.25) is 0 Å². The average molecular weight is 381 g/mol. The molecular formula is C19H23N7O2. The monoisotopic (exact) mass is 381 g/mol. The predicted molar refractivity (Wildman–Crippen MR) is 104 cm³/mol. The van der Waals surface area contributed by atoms with E-state index in [-0.39, 0.29) is 11.8 Å². The highest BCUT2D eigenvalue weighted by molar-refractivity contribution is 5.94. The van der Waals surface area contributed by atoms with Gasteiger partial charge in [-0.05, 0) is 54.0 Å². The molecule has 2 aromatic heterocycles. The van der Waals surface area contributed by atoms with Crippen molar-refractivity contribution in [3.63, 3.8) is 0 Å². The minimum Gasteiger partial charge on any atom is -0.491 e. The minimum absolute atomic E-state index is 0.0350. The lowest BCUT2D eigenvalue weighted by atomic mass is 9.95. The summed E-state index contributed by atoms with van der Waals surface area (Å²) in [5.74, 6) is 1.54. The number of ether oxygens (including phenoxy) is 1. The van der Waals surface area contributed by atoms with Gasteiger partial charge in [-0.15, -0.1) is 14.8 Å². The van der Waals surface area contributed by atoms with Crippen molar-refractivity contribution in [1.82, 2.24) is 25.3 Å². The molecule has 3 aromatic rings. The zero-order valence-electron chi connectivity index (χ0n) is 15.8. The van der Waals surface area contributed by atoms with E-state index >= 15 is 0 Å². The number of piperidine rings is 1. The van der Waals surface area contributed by atoms with Gasteiger partial charge in [0.2, 0.25) is 5.91 Å². The van der Waals surface area contributed by atoms with Crippen molar-refractivity contribution in [2.45, 2.75) is 26.2 Å². The van der Waals surface area contributed by atoms with Crippen LogP contribution in [0.5, 0.6) is 5.75 Å². The number of fused-ring (bicyclic) bond motifs is 1. The maximum Gasteiger partial charge on any atom is 0.227 e. The van der Waals surface area contributed by atoms with Crippen molar-refractivity contribution < 1.29 is 9.53 Å². The van der Waals surface area contributed by atoms with E-state index in [4.69, 9.17) is 4.74 Å². The molecule has 1 N–H and O–H groups in total. The van der Waals surface area contributed by atoms with Crippen molar-refractivity contribution >= 4 is 23.1 Å². The van der Waals surface area contributed by atoms with Gasteiger partial charge in [0.15, 0.2) is 11.5 Å². The van der Waals surface area contributed by atoms with E-state index < -0.39 is 0 Å². The van der Waals surface area contributed by atoms with Crippen molar-refractivity contribution in [3.8, 4) is 5.75 Å². The molecule has 1 fully saturated rings. The molecule has 9 nitrogen and oxygen atoms in total. The lowest BCUT2D eigenvalue weighted by Crippen LogP contribution is -2.38. The third kappa shape index (κ3) is 3.88. The highest BCUT2D eigenvalue weighted by Gasteiger charge is 2.26. The van der Waals surface area contributed by atoms with Crippen LogP contribution in [-0.2, 0) is 4.79 Å². The molecule has 1 aliphatic heterocycles. The summed E-state index contributed by atoms with van der Waals surface area (Å²) in [6.45, 7) is 4.20. The van der Waals surface area contributed by atoms with Crippen LogP contribution in [-0.4, -0.2) is 50.9 Å². The lowest BCUT2D eigenvalue weighted by Gasteiger charge is -2.32. The molecule has 1 aromatic carbocycles. The Labute approximate surface area is 162 Å². The van der Waals surface area contributed by atoms with Crippen LogP contribution < -0.4 is 15.0 Å². The number of hydrogen-bond donors (Lipinski definition) is 1. The second-order valence-corrected chi connectivity index (χ2v) is 6.81. The molecule has 1 amide bonds. The van der Waals surface area contributed by atoms with Crippen LogP contribution in [0, 0.1) is 5.92 Å². The molecule has 0 unspecified atom stereocenters. The summed E-state index contributed by atoms with van der Waals surface area (Å²) < 4.78 is 7.15. The molecule has 9 heteroatoms. The number of nitrogens with one attached hydrogen (secondary N) is 1. The zero-order chi connectivity index (χ0) is 19.3. The molecule has 3 heterocycles. The van der Waals surface area contributed by atoms with Gasteiger partial charge in [-0.2, -0.15) is 0 Å². The van der Waals surface area contributed by atoms with Crippen molar-refractivity contribution in [1.29, 1.82) is 0 Å². The lowest BCUT2D eigenvalue weighted by molar-refractivity contribution is -0.120. The fourth-order valence-corrected chi connectivity index (χ4v) is 3.32. The van der Waals surface area contributed by atoms with Gasteiger partial charge in [-0.1, -0.05) is 19.1 Å². The number of hydrogen-bond acceptors (Lipinski definition) is 7. The number of para-hydroxylation sites is 2. The molecule has 0 atom stereocenters. The molecule has 0 radical (unpaired) electrons. The summed E-state index contributed by atoms with van der Waals surface area (Å²) in [6.07, 6.45) is 2.45. The topological polar surface area (TPSA) is 97.5 Å². The Hall–Kier alpha value is -3.23. The third-order valence-electron chi connectivity index (χ3n) is 4.85. The number of tetrazole rings is 1. The molecule has 0 saturated carbocycles. The normalized spacial score (nSPS) is 15.0. The smallest absolute Gasteiger partial charge is 0.227 e. The fourth-order valence-electron chi connectivity index (χ4n) is 3.32. The Morgan fingerprint density at radius 3 is 2.86 bits per heavy atom. The van der Waals surface area contributed by atoms with Crippen LogP contribution in [0.3, 0.4) is 0 Å². The second kappa shape index (κ2) is 8.20. The van der Waals surface area contributed by atoms with Crippen LogP contribution in [0.15, 0.2) is 36.4 Å². The van der Waals surface area contributed by atoms with Gasteiger partial charge in [0, 0.05) is 19.0 Å². The second-order valence-electron chi connectivity index (χ2n) is 6.81. The van der Waals surface area contributed by atoms with E-state index in [9.17, 15) is 4.79 Å². The molecule has 1 saturated heterocycles. The number of nitrogens with zero attached hydrogens (tertiary/aromatic N) is 6. The summed E-state index contributed by atoms with van der Waals surface area (Å²) in [5, 5.41) is 18.8. The maximum absolute atomic E-state index is 12.7. The van der Waals surface area contributed by atoms with E-state index in [2.05, 4.69) is 37.8 Å². The molecular weight excluding hydrogens is 358 g/mol. The third-order valence-corrected chi connectivity index (χ3v) is 4.85. The van der Waals surface area contributed by atoms with E-state index in [0.717, 1.165) is 43.9 Å². The maximum atomic E-state index is 12.7. The van der Waals surface area contributed by atoms with Crippen LogP contribution in [0.1, 0.15) is 26.2 Å². The molecule has 4 rings (SSSR count). The first kappa shape index (κ1) is 18.1. The van der Waals surface area contributed by atoms with Gasteiger partial charge < -0.3 is 15.0 Å². The van der Waals surface area contributed by atoms with Crippen molar-refractivity contribution in [2.75, 3.05) is 29.9 Å². The Bertz CT molecular complexity index is 950. The summed E-state index contributed by atoms with van der Waals surface area (Å²) in [5.41, 5.74) is 1.34. The highest BCUT2D eigenvalue weighted by Crippen LogP contribution is 2.27. The molecule has 1 aliphatic rings. The van der Waals surface area contributed by atoms with Crippen LogP contribution in [0.25, 0.3) is 5.65 Å². The first-order valence-corrected chi connectivity index (χ1v) is 9.57. The number of rotatable bonds is 6. The first-order chi connectivity index (χ1) is 13.7. The molecule has 146 valence electrons. The molecule has 28 heavy (non-hydrogen) atoms. The predicted octanol–water partition coefficient (Wildman–Crippen LogP) is 2.16. The summed E-state index contributed by atoms with van der Waals surface area (Å²) >= 11 is 0. The summed E-state index contributed by atoms with van der Waals surface area (Å²) in [4.78, 5) is 14.9. The van der Waals surface area contributed by atoms with Crippen LogP contribution >= 0.6 is 0 Å². The number of amides is 1. The summed E-state index contributed by atoms with van der Waals surface area (Å²) in [6, 6.07) is 11.3. The molecule has 0 aliphatic carbocycles. The van der Waals surface area contributed by atoms with E-state index in [0.29, 0.717) is 18.0 Å². The number of benzene rings is 1. The number of anilines is 2. The Kier molecular flexibility index (Phi) is 5.31. The fraction of sp³-hybridized carbons (Fsp3) is 0.421. The van der Waals surface area contributed by atoms with E-state index in [1.165, 1.54) is 4.63 Å². The molecule has 0 bridgehead atoms. The Balaban J connectivity index is 1.36. The largest absolute Gasteiger partial charge is 0.491 e. The van der Waals surface area contributed by atoms with E-state index in [1.807, 2.05) is 36.4 Å². The highest BCUT2D eigenvalue weighted by atomic mass is 16.5. The van der Waals surface area contributed by atoms with Crippen molar-refractivity contribution in [2.24, 2.45) is 5.92 Å². The Morgan fingerprint density at radius 1 is 1.21 bits per heavy atom. The standard InChI is InChI=1S/C19H23N7O2/c1-2-13-28-16-6-4-3-5-15(16)20-19(27)14-9-11-25(12-10-14)18-8-7-17-21-23-24-26(17)22-18/h3-8,14H,2,9-13H2,1H3,(H,20,27). The Morgan fingerprint density at radius 2 is 2.04 bits per heavy atom. The first-order valence-electron chi connectivity index (χ1n) is 9.57.